The van der Waals surface area contributed by atoms with E-state index in [2.05, 4.69) is 5.32 Å². The Morgan fingerprint density at radius 1 is 0.925 bits per heavy atom. The zero-order valence-corrected chi connectivity index (χ0v) is 25.0. The summed E-state index contributed by atoms with van der Waals surface area (Å²) in [6.45, 7) is 11.7. The summed E-state index contributed by atoms with van der Waals surface area (Å²) >= 11 is 0. The van der Waals surface area contributed by atoms with Crippen LogP contribution >= 0.6 is 0 Å². The zero-order chi connectivity index (χ0) is 29.8. The van der Waals surface area contributed by atoms with Crippen molar-refractivity contribution in [1.29, 1.82) is 0 Å². The minimum Gasteiger partial charge on any atom is -0.350 e. The van der Waals surface area contributed by atoms with Crippen LogP contribution in [0.4, 0.5) is 10.1 Å². The van der Waals surface area contributed by atoms with Crippen molar-refractivity contribution >= 4 is 27.5 Å². The molecule has 3 rings (SSSR count). The number of aryl methyl sites for hydroxylation is 2. The van der Waals surface area contributed by atoms with Gasteiger partial charge in [0.15, 0.2) is 0 Å². The number of amides is 2. The zero-order valence-electron chi connectivity index (χ0n) is 24.2. The number of rotatable bonds is 9. The van der Waals surface area contributed by atoms with Crippen molar-refractivity contribution < 1.29 is 22.4 Å². The molecule has 0 fully saturated rings. The molecule has 2 amide bonds. The molecule has 0 heterocycles. The van der Waals surface area contributed by atoms with E-state index in [4.69, 9.17) is 0 Å². The van der Waals surface area contributed by atoms with Crippen LogP contribution < -0.4 is 9.62 Å². The van der Waals surface area contributed by atoms with E-state index in [1.807, 2.05) is 40.7 Å². The van der Waals surface area contributed by atoms with Gasteiger partial charge >= 0.3 is 0 Å². The SMILES string of the molecule is Cc1ccc(S(=O)(=O)N(CC(=O)N(Cc2ccccc2F)[C@@H](C)C(=O)NC(C)(C)C)c2cccc(C)c2C)cc1. The second kappa shape index (κ2) is 12.2. The van der Waals surface area contributed by atoms with Crippen LogP contribution in [0.25, 0.3) is 0 Å². The molecule has 0 radical (unpaired) electrons. The Kier molecular flexibility index (Phi) is 9.40. The summed E-state index contributed by atoms with van der Waals surface area (Å²) in [5.41, 5.74) is 2.44. The van der Waals surface area contributed by atoms with Crippen LogP contribution in [0, 0.1) is 26.6 Å². The van der Waals surface area contributed by atoms with Gasteiger partial charge in [0.25, 0.3) is 10.0 Å². The van der Waals surface area contributed by atoms with Crippen molar-refractivity contribution in [2.24, 2.45) is 0 Å². The number of halogens is 1. The van der Waals surface area contributed by atoms with Gasteiger partial charge in [-0.25, -0.2) is 12.8 Å². The van der Waals surface area contributed by atoms with E-state index in [0.717, 1.165) is 15.4 Å². The van der Waals surface area contributed by atoms with Crippen molar-refractivity contribution in [1.82, 2.24) is 10.2 Å². The lowest BCUT2D eigenvalue weighted by molar-refractivity contribution is -0.140. The molecule has 0 aliphatic carbocycles. The molecule has 3 aromatic rings. The Labute approximate surface area is 237 Å². The van der Waals surface area contributed by atoms with E-state index >= 15 is 0 Å². The summed E-state index contributed by atoms with van der Waals surface area (Å²) in [7, 11) is -4.18. The van der Waals surface area contributed by atoms with Gasteiger partial charge in [-0.2, -0.15) is 0 Å². The molecule has 0 spiro atoms. The number of nitrogens with zero attached hydrogens (tertiary/aromatic N) is 2. The van der Waals surface area contributed by atoms with Crippen LogP contribution in [0.5, 0.6) is 0 Å². The van der Waals surface area contributed by atoms with E-state index in [0.29, 0.717) is 11.3 Å². The Balaban J connectivity index is 2.09. The first kappa shape index (κ1) is 30.8. The van der Waals surface area contributed by atoms with Gasteiger partial charge in [-0.15, -0.1) is 0 Å². The van der Waals surface area contributed by atoms with Gasteiger partial charge in [-0.05, 0) is 83.9 Å². The van der Waals surface area contributed by atoms with E-state index in [1.165, 1.54) is 35.2 Å². The molecular formula is C31H38FN3O4S. The highest BCUT2D eigenvalue weighted by molar-refractivity contribution is 7.92. The van der Waals surface area contributed by atoms with Crippen LogP contribution in [-0.4, -0.2) is 43.3 Å². The molecule has 0 bridgehead atoms. The molecule has 0 saturated heterocycles. The minimum atomic E-state index is -4.18. The average molecular weight is 568 g/mol. The first-order valence-electron chi connectivity index (χ1n) is 13.1. The van der Waals surface area contributed by atoms with Crippen LogP contribution in [0.3, 0.4) is 0 Å². The quantitative estimate of drug-likeness (QED) is 0.381. The maximum atomic E-state index is 14.7. The van der Waals surface area contributed by atoms with Crippen molar-refractivity contribution in [2.75, 3.05) is 10.8 Å². The fraction of sp³-hybridized carbons (Fsp3) is 0.355. The van der Waals surface area contributed by atoms with Crippen LogP contribution in [-0.2, 0) is 26.2 Å². The number of anilines is 1. The van der Waals surface area contributed by atoms with Crippen molar-refractivity contribution in [2.45, 2.75) is 71.5 Å². The number of carbonyl (C=O) groups is 2. The second-order valence-electron chi connectivity index (χ2n) is 11.1. The normalized spacial score (nSPS) is 12.5. The molecule has 40 heavy (non-hydrogen) atoms. The van der Waals surface area contributed by atoms with Gasteiger partial charge < -0.3 is 10.2 Å². The highest BCUT2D eigenvalue weighted by atomic mass is 32.2. The lowest BCUT2D eigenvalue weighted by Gasteiger charge is -2.34. The highest BCUT2D eigenvalue weighted by Crippen LogP contribution is 2.29. The number of carbonyl (C=O) groups excluding carboxylic acids is 2. The third-order valence-electron chi connectivity index (χ3n) is 6.70. The van der Waals surface area contributed by atoms with E-state index in [1.54, 1.807) is 44.2 Å². The Hall–Kier alpha value is -3.72. The van der Waals surface area contributed by atoms with Crippen LogP contribution in [0.15, 0.2) is 71.6 Å². The lowest BCUT2D eigenvalue weighted by atomic mass is 10.1. The van der Waals surface area contributed by atoms with E-state index < -0.39 is 45.8 Å². The maximum Gasteiger partial charge on any atom is 0.264 e. The topological polar surface area (TPSA) is 86.8 Å². The molecule has 0 aliphatic rings. The summed E-state index contributed by atoms with van der Waals surface area (Å²) in [5, 5.41) is 2.86. The Morgan fingerprint density at radius 3 is 2.15 bits per heavy atom. The average Bonchev–Trinajstić information content (AvgIpc) is 2.87. The van der Waals surface area contributed by atoms with Crippen molar-refractivity contribution in [3.63, 3.8) is 0 Å². The number of benzene rings is 3. The molecule has 214 valence electrons. The molecule has 1 atom stereocenters. The highest BCUT2D eigenvalue weighted by Gasteiger charge is 2.34. The molecule has 7 nitrogen and oxygen atoms in total. The largest absolute Gasteiger partial charge is 0.350 e. The molecule has 0 aliphatic heterocycles. The van der Waals surface area contributed by atoms with Gasteiger partial charge in [0.1, 0.15) is 18.4 Å². The fourth-order valence-electron chi connectivity index (χ4n) is 4.22. The van der Waals surface area contributed by atoms with E-state index in [9.17, 15) is 22.4 Å². The lowest BCUT2D eigenvalue weighted by Crippen LogP contribution is -2.54. The number of hydrogen-bond donors (Lipinski definition) is 1. The predicted molar refractivity (Wildman–Crippen MR) is 156 cm³/mol. The second-order valence-corrected chi connectivity index (χ2v) is 12.9. The van der Waals surface area contributed by atoms with Crippen LogP contribution in [0.2, 0.25) is 0 Å². The third kappa shape index (κ3) is 7.27. The number of hydrogen-bond acceptors (Lipinski definition) is 4. The summed E-state index contributed by atoms with van der Waals surface area (Å²) < 4.78 is 43.7. The van der Waals surface area contributed by atoms with Gasteiger partial charge in [-0.1, -0.05) is 48.0 Å². The smallest absolute Gasteiger partial charge is 0.264 e. The first-order chi connectivity index (χ1) is 18.6. The first-order valence-corrected chi connectivity index (χ1v) is 14.6. The predicted octanol–water partition coefficient (Wildman–Crippen LogP) is 5.28. The maximum absolute atomic E-state index is 14.7. The molecule has 9 heteroatoms. The summed E-state index contributed by atoms with van der Waals surface area (Å²) in [5.74, 6) is -1.60. The molecular weight excluding hydrogens is 529 g/mol. The third-order valence-corrected chi connectivity index (χ3v) is 8.47. The number of nitrogens with one attached hydrogen (secondary N) is 1. The standard InChI is InChI=1S/C31H38FN3O4S/c1-21-15-17-26(18-16-21)40(38,39)35(28-14-10-11-22(2)23(28)3)20-29(36)34(19-25-12-8-9-13-27(25)32)24(4)30(37)33-31(5,6)7/h8-18,24H,19-20H2,1-7H3,(H,33,37)/t24-/m0/s1. The minimum absolute atomic E-state index is 0.0333. The summed E-state index contributed by atoms with van der Waals surface area (Å²) in [6, 6.07) is 16.6. The van der Waals surface area contributed by atoms with Crippen LogP contribution in [0.1, 0.15) is 49.9 Å². The van der Waals surface area contributed by atoms with Gasteiger partial charge in [0.05, 0.1) is 10.6 Å². The summed E-state index contributed by atoms with van der Waals surface area (Å²) in [4.78, 5) is 28.4. The summed E-state index contributed by atoms with van der Waals surface area (Å²) in [6.07, 6.45) is 0. The molecule has 0 aromatic heterocycles. The van der Waals surface area contributed by atoms with Gasteiger partial charge in [-0.3, -0.25) is 13.9 Å². The molecule has 1 N–H and O–H groups in total. The number of sulfonamides is 1. The monoisotopic (exact) mass is 567 g/mol. The van der Waals surface area contributed by atoms with Gasteiger partial charge in [0, 0.05) is 17.6 Å². The Morgan fingerprint density at radius 2 is 1.55 bits per heavy atom. The fourth-order valence-corrected chi connectivity index (χ4v) is 5.70. The molecule has 0 saturated carbocycles. The molecule has 0 unspecified atom stereocenters. The van der Waals surface area contributed by atoms with Gasteiger partial charge in [0.2, 0.25) is 11.8 Å². The van der Waals surface area contributed by atoms with E-state index in [-0.39, 0.29) is 17.0 Å². The Bertz CT molecular complexity index is 1480. The van der Waals surface area contributed by atoms with Crippen molar-refractivity contribution in [3.05, 3.63) is 94.8 Å². The molecule has 3 aromatic carbocycles. The van der Waals surface area contributed by atoms with Crippen molar-refractivity contribution in [3.8, 4) is 0 Å².